The number of nitrogens with one attached hydrogen (secondary N) is 1. The first-order valence-electron chi connectivity index (χ1n) is 9.41. The summed E-state index contributed by atoms with van der Waals surface area (Å²) in [6.07, 6.45) is 3.97. The highest BCUT2D eigenvalue weighted by molar-refractivity contribution is 6.30. The first-order valence-corrected chi connectivity index (χ1v) is 9.79. The average Bonchev–Trinajstić information content (AvgIpc) is 2.61. The molecule has 1 amide bonds. The predicted octanol–water partition coefficient (Wildman–Crippen LogP) is 5.51. The number of allylic oxidation sites excluding steroid dienone is 1. The van der Waals surface area contributed by atoms with Crippen LogP contribution in [-0.2, 0) is 0 Å². The molecule has 2 aromatic carbocycles. The molecular weight excluding hydrogens is 370 g/mol. The van der Waals surface area contributed by atoms with Crippen molar-refractivity contribution >= 4 is 35.0 Å². The average molecular weight is 396 g/mol. The topological polar surface area (TPSA) is 44.7 Å². The molecule has 5 heteroatoms. The van der Waals surface area contributed by atoms with Gasteiger partial charge in [0.05, 0.1) is 11.8 Å². The smallest absolute Gasteiger partial charge is 0.271 e. The highest BCUT2D eigenvalue weighted by atomic mass is 35.5. The summed E-state index contributed by atoms with van der Waals surface area (Å²) in [5.41, 5.74) is 7.64. The number of hydrazone groups is 1. The van der Waals surface area contributed by atoms with E-state index in [1.165, 1.54) is 16.8 Å². The normalized spacial score (nSPS) is 15.5. The Hall–Kier alpha value is -2.59. The first kappa shape index (κ1) is 20.2. The molecule has 0 saturated heterocycles. The zero-order valence-corrected chi connectivity index (χ0v) is 17.7. The predicted molar refractivity (Wildman–Crippen MR) is 118 cm³/mol. The van der Waals surface area contributed by atoms with Crippen molar-refractivity contribution in [1.82, 2.24) is 5.43 Å². The second-order valence-corrected chi connectivity index (χ2v) is 8.36. The third-order valence-electron chi connectivity index (χ3n) is 4.90. The van der Waals surface area contributed by atoms with Crippen LogP contribution in [0.4, 0.5) is 5.69 Å². The second kappa shape index (κ2) is 7.80. The Labute approximate surface area is 171 Å². The second-order valence-electron chi connectivity index (χ2n) is 7.93. The van der Waals surface area contributed by atoms with E-state index >= 15 is 0 Å². The minimum Gasteiger partial charge on any atom is -0.360 e. The van der Waals surface area contributed by atoms with E-state index < -0.39 is 0 Å². The fourth-order valence-corrected chi connectivity index (χ4v) is 4.05. The molecule has 0 radical (unpaired) electrons. The summed E-state index contributed by atoms with van der Waals surface area (Å²) in [7, 11) is 0. The fraction of sp³-hybridized carbons (Fsp3) is 0.304. The van der Waals surface area contributed by atoms with Gasteiger partial charge in [-0.15, -0.1) is 0 Å². The van der Waals surface area contributed by atoms with Gasteiger partial charge in [0.2, 0.25) is 0 Å². The zero-order valence-electron chi connectivity index (χ0n) is 17.0. The number of carbonyl (C=O) groups is 1. The molecule has 4 nitrogen and oxygen atoms in total. The van der Waals surface area contributed by atoms with Crippen LogP contribution in [0.15, 0.2) is 53.6 Å². The van der Waals surface area contributed by atoms with Gasteiger partial charge in [-0.2, -0.15) is 5.10 Å². The maximum Gasteiger partial charge on any atom is 0.271 e. The van der Waals surface area contributed by atoms with Crippen molar-refractivity contribution in [3.05, 3.63) is 70.3 Å². The van der Waals surface area contributed by atoms with Gasteiger partial charge < -0.3 is 4.90 Å². The van der Waals surface area contributed by atoms with Crippen LogP contribution >= 0.6 is 11.6 Å². The van der Waals surface area contributed by atoms with Gasteiger partial charge in [-0.25, -0.2) is 5.43 Å². The molecule has 0 spiro atoms. The van der Waals surface area contributed by atoms with Crippen LogP contribution in [0.2, 0.25) is 5.02 Å². The molecule has 0 saturated carbocycles. The molecule has 1 aliphatic heterocycles. The van der Waals surface area contributed by atoms with Crippen molar-refractivity contribution in [2.45, 2.75) is 46.2 Å². The maximum absolute atomic E-state index is 12.1. The maximum atomic E-state index is 12.1. The lowest BCUT2D eigenvalue weighted by atomic mass is 9.87. The molecule has 146 valence electrons. The lowest BCUT2D eigenvalue weighted by Crippen LogP contribution is -2.49. The van der Waals surface area contributed by atoms with E-state index in [9.17, 15) is 4.79 Å². The zero-order chi connectivity index (χ0) is 20.5. The number of anilines is 1. The van der Waals surface area contributed by atoms with Crippen LogP contribution in [0.5, 0.6) is 0 Å². The van der Waals surface area contributed by atoms with E-state index in [-0.39, 0.29) is 11.4 Å². The van der Waals surface area contributed by atoms with Gasteiger partial charge in [0.1, 0.15) is 0 Å². The van der Waals surface area contributed by atoms with Crippen LogP contribution < -0.4 is 10.3 Å². The number of hydrogen-bond acceptors (Lipinski definition) is 3. The van der Waals surface area contributed by atoms with E-state index in [1.807, 2.05) is 6.07 Å². The number of fused-ring (bicyclic) bond motifs is 1. The van der Waals surface area contributed by atoms with Gasteiger partial charge in [0.25, 0.3) is 5.91 Å². The number of halogens is 1. The third kappa shape index (κ3) is 4.12. The molecule has 1 N–H and O–H groups in total. The molecule has 0 aliphatic carbocycles. The van der Waals surface area contributed by atoms with Crippen LogP contribution in [0.3, 0.4) is 0 Å². The largest absolute Gasteiger partial charge is 0.360 e. The molecule has 1 heterocycles. The first-order chi connectivity index (χ1) is 13.2. The van der Waals surface area contributed by atoms with Gasteiger partial charge in [0.15, 0.2) is 0 Å². The fourth-order valence-electron chi connectivity index (χ4n) is 3.92. The van der Waals surface area contributed by atoms with E-state index in [0.29, 0.717) is 16.6 Å². The molecule has 1 aliphatic rings. The van der Waals surface area contributed by atoms with Crippen molar-refractivity contribution in [2.24, 2.45) is 5.10 Å². The number of nitrogens with zero attached hydrogens (tertiary/aromatic N) is 2. The minimum absolute atomic E-state index is 0.0343. The molecule has 3 rings (SSSR count). The standard InChI is InChI=1S/C23H26ClN3O/c1-15(2)27-21-11-6-17(12-20(21)16(3)13-23(27,4)5)14-25-26-22(28)18-7-9-19(24)10-8-18/h6-15H,1-5H3,(H,26,28)/b25-14-. The third-order valence-corrected chi connectivity index (χ3v) is 5.15. The Balaban J connectivity index is 1.80. The van der Waals surface area contributed by atoms with E-state index in [0.717, 1.165) is 5.56 Å². The number of hydrogen-bond donors (Lipinski definition) is 1. The molecule has 0 atom stereocenters. The monoisotopic (exact) mass is 395 g/mol. The molecular formula is C23H26ClN3O. The number of amides is 1. The Morgan fingerprint density at radius 2 is 1.86 bits per heavy atom. The summed E-state index contributed by atoms with van der Waals surface area (Å²) in [5, 5.41) is 4.70. The molecule has 0 fully saturated rings. The lowest BCUT2D eigenvalue weighted by molar-refractivity contribution is 0.0955. The Morgan fingerprint density at radius 1 is 1.18 bits per heavy atom. The summed E-state index contributed by atoms with van der Waals surface area (Å²) in [6, 6.07) is 13.4. The summed E-state index contributed by atoms with van der Waals surface area (Å²) in [6.45, 7) is 11.0. The van der Waals surface area contributed by atoms with Gasteiger partial charge in [-0.05, 0) is 82.2 Å². The molecule has 0 unspecified atom stereocenters. The van der Waals surface area contributed by atoms with Crippen LogP contribution in [0.1, 0.15) is 56.1 Å². The van der Waals surface area contributed by atoms with Crippen molar-refractivity contribution in [2.75, 3.05) is 4.90 Å². The highest BCUT2D eigenvalue weighted by Crippen LogP contribution is 2.40. The van der Waals surface area contributed by atoms with Gasteiger partial charge in [0, 0.05) is 27.9 Å². The van der Waals surface area contributed by atoms with Crippen molar-refractivity contribution in [3.63, 3.8) is 0 Å². The van der Waals surface area contributed by atoms with Crippen LogP contribution in [-0.4, -0.2) is 23.7 Å². The molecule has 0 bridgehead atoms. The van der Waals surface area contributed by atoms with Crippen molar-refractivity contribution in [3.8, 4) is 0 Å². The summed E-state index contributed by atoms with van der Waals surface area (Å²) in [4.78, 5) is 14.6. The van der Waals surface area contributed by atoms with Gasteiger partial charge >= 0.3 is 0 Å². The number of carbonyl (C=O) groups excluding carboxylic acids is 1. The van der Waals surface area contributed by atoms with E-state index in [2.05, 4.69) is 68.3 Å². The summed E-state index contributed by atoms with van der Waals surface area (Å²) in [5.74, 6) is -0.269. The minimum atomic E-state index is -0.269. The summed E-state index contributed by atoms with van der Waals surface area (Å²) >= 11 is 5.85. The molecule has 28 heavy (non-hydrogen) atoms. The van der Waals surface area contributed by atoms with Crippen LogP contribution in [0.25, 0.3) is 5.57 Å². The SMILES string of the molecule is CC1=CC(C)(C)N(C(C)C)c2ccc(/C=N\NC(=O)c3ccc(Cl)cc3)cc21. The lowest BCUT2D eigenvalue weighted by Gasteiger charge is -2.46. The Kier molecular flexibility index (Phi) is 5.61. The molecule has 0 aromatic heterocycles. The van der Waals surface area contributed by atoms with Gasteiger partial charge in [-0.1, -0.05) is 23.7 Å². The Morgan fingerprint density at radius 3 is 2.50 bits per heavy atom. The number of rotatable bonds is 4. The van der Waals surface area contributed by atoms with Crippen LogP contribution in [0, 0.1) is 0 Å². The highest BCUT2D eigenvalue weighted by Gasteiger charge is 2.32. The van der Waals surface area contributed by atoms with Gasteiger partial charge in [-0.3, -0.25) is 4.79 Å². The van der Waals surface area contributed by atoms with Crippen molar-refractivity contribution in [1.29, 1.82) is 0 Å². The quantitative estimate of drug-likeness (QED) is 0.547. The number of benzene rings is 2. The van der Waals surface area contributed by atoms with E-state index in [4.69, 9.17) is 11.6 Å². The molecule has 2 aromatic rings. The van der Waals surface area contributed by atoms with Crippen molar-refractivity contribution < 1.29 is 4.79 Å². The van der Waals surface area contributed by atoms with E-state index in [1.54, 1.807) is 30.5 Å². The Bertz CT molecular complexity index is 943. The summed E-state index contributed by atoms with van der Waals surface area (Å²) < 4.78 is 0.